The molecule has 1 fully saturated rings. The van der Waals surface area contributed by atoms with E-state index in [1.807, 2.05) is 68.4 Å². The number of nitrogens with zero attached hydrogens (tertiary/aromatic N) is 4. The number of carbonyl (C=O) groups excluding carboxylic acids is 1. The van der Waals surface area contributed by atoms with Gasteiger partial charge >= 0.3 is 0 Å². The molecule has 0 saturated heterocycles. The molecule has 3 N–H and O–H groups in total. The van der Waals surface area contributed by atoms with Gasteiger partial charge in [0, 0.05) is 28.8 Å². The third kappa shape index (κ3) is 3.26. The van der Waals surface area contributed by atoms with E-state index in [1.165, 1.54) is 0 Å². The molecule has 33 heavy (non-hydrogen) atoms. The first-order valence-corrected chi connectivity index (χ1v) is 10.8. The van der Waals surface area contributed by atoms with Crippen LogP contribution in [-0.4, -0.2) is 38.1 Å². The van der Waals surface area contributed by atoms with Crippen LogP contribution in [0.5, 0.6) is 5.88 Å². The highest BCUT2D eigenvalue weighted by Gasteiger charge is 2.69. The zero-order chi connectivity index (χ0) is 23.1. The number of nitrogens with one attached hydrogen (secondary N) is 1. The Balaban J connectivity index is 1.67. The topological polar surface area (TPSA) is 120 Å². The molecule has 2 aromatic heterocycles. The number of amides is 1. The maximum absolute atomic E-state index is 12.5. The lowest BCUT2D eigenvalue weighted by molar-refractivity contribution is -0.123. The fourth-order valence-corrected chi connectivity index (χ4v) is 4.81. The number of rotatable bonds is 7. The molecule has 0 bridgehead atoms. The summed E-state index contributed by atoms with van der Waals surface area (Å²) in [6.45, 7) is 4.40. The van der Waals surface area contributed by atoms with E-state index in [2.05, 4.69) is 31.7 Å². The minimum atomic E-state index is -0.689. The average Bonchev–Trinajstić information content (AvgIpc) is 3.18. The molecule has 2 unspecified atom stereocenters. The van der Waals surface area contributed by atoms with Crippen molar-refractivity contribution in [2.45, 2.75) is 25.7 Å². The quantitative estimate of drug-likeness (QED) is 0.454. The molecule has 4 aromatic rings. The third-order valence-electron chi connectivity index (χ3n) is 6.68. The summed E-state index contributed by atoms with van der Waals surface area (Å²) in [5.74, 6) is 0.717. The largest absolute Gasteiger partial charge is 0.478 e. The van der Waals surface area contributed by atoms with Crippen molar-refractivity contribution < 1.29 is 9.53 Å². The molecular weight excluding hydrogens is 416 g/mol. The van der Waals surface area contributed by atoms with Gasteiger partial charge in [0.25, 0.3) is 0 Å². The first kappa shape index (κ1) is 20.8. The number of ether oxygens (including phenoxy) is 1. The van der Waals surface area contributed by atoms with Crippen LogP contribution in [0.2, 0.25) is 0 Å². The molecule has 0 aliphatic heterocycles. The Morgan fingerprint density at radius 3 is 2.52 bits per heavy atom. The number of hydrogen-bond acceptors (Lipinski definition) is 6. The summed E-state index contributed by atoms with van der Waals surface area (Å²) in [7, 11) is 0. The monoisotopic (exact) mass is 440 g/mol. The van der Waals surface area contributed by atoms with Crippen molar-refractivity contribution in [2.24, 2.45) is 11.1 Å². The lowest BCUT2D eigenvalue weighted by atomic mass is 9.79. The van der Waals surface area contributed by atoms with Crippen LogP contribution >= 0.6 is 0 Å². The van der Waals surface area contributed by atoms with Gasteiger partial charge in [0.2, 0.25) is 17.6 Å². The van der Waals surface area contributed by atoms with Crippen molar-refractivity contribution in [1.82, 2.24) is 25.6 Å². The number of primary amides is 1. The van der Waals surface area contributed by atoms with E-state index in [4.69, 9.17) is 10.5 Å². The van der Waals surface area contributed by atoms with E-state index < -0.39 is 10.8 Å². The second-order valence-corrected chi connectivity index (χ2v) is 8.46. The van der Waals surface area contributed by atoms with Gasteiger partial charge in [-0.2, -0.15) is 5.21 Å². The SMILES string of the molecule is CCOc1ccc(-c2ccc(C3(c4ccccc4)CC3(C)C(N)=O)cc2-c2nn[nH]n2)cn1. The molecule has 1 amide bonds. The van der Waals surface area contributed by atoms with E-state index in [1.54, 1.807) is 6.20 Å². The highest BCUT2D eigenvalue weighted by Crippen LogP contribution is 2.68. The van der Waals surface area contributed by atoms with Crippen molar-refractivity contribution in [3.05, 3.63) is 78.0 Å². The standard InChI is InChI=1S/C25H24N6O2/c1-3-33-21-12-9-16(14-27-21)19-11-10-18(13-20(19)22-28-30-31-29-22)25(15-24(25,2)23(26)32)17-7-5-4-6-8-17/h4-14H,3,15H2,1-2H3,(H2,26,32)(H,28,29,30,31). The molecule has 8 heteroatoms. The highest BCUT2D eigenvalue weighted by molar-refractivity contribution is 5.90. The minimum Gasteiger partial charge on any atom is -0.478 e. The molecule has 5 rings (SSSR count). The number of carbonyl (C=O) groups is 1. The van der Waals surface area contributed by atoms with Crippen LogP contribution < -0.4 is 10.5 Å². The van der Waals surface area contributed by atoms with Crippen LogP contribution in [0, 0.1) is 5.41 Å². The first-order chi connectivity index (χ1) is 16.0. The molecule has 8 nitrogen and oxygen atoms in total. The van der Waals surface area contributed by atoms with Crippen molar-refractivity contribution in [3.63, 3.8) is 0 Å². The molecule has 0 radical (unpaired) electrons. The van der Waals surface area contributed by atoms with Gasteiger partial charge in [-0.25, -0.2) is 4.98 Å². The normalized spacial score (nSPS) is 21.5. The van der Waals surface area contributed by atoms with Crippen molar-refractivity contribution >= 4 is 5.91 Å². The van der Waals surface area contributed by atoms with Crippen molar-refractivity contribution in [2.75, 3.05) is 6.61 Å². The fourth-order valence-electron chi connectivity index (χ4n) is 4.81. The van der Waals surface area contributed by atoms with Gasteiger partial charge in [-0.1, -0.05) is 42.5 Å². The zero-order valence-corrected chi connectivity index (χ0v) is 18.4. The summed E-state index contributed by atoms with van der Waals surface area (Å²) in [6, 6.07) is 19.9. The van der Waals surface area contributed by atoms with E-state index in [0.717, 1.165) is 27.8 Å². The molecule has 1 aliphatic rings. The van der Waals surface area contributed by atoms with E-state index in [0.29, 0.717) is 24.7 Å². The van der Waals surface area contributed by atoms with Crippen LogP contribution in [0.4, 0.5) is 0 Å². The fraction of sp³-hybridized carbons (Fsp3) is 0.240. The molecule has 1 saturated carbocycles. The lowest BCUT2D eigenvalue weighted by Gasteiger charge is -2.24. The summed E-state index contributed by atoms with van der Waals surface area (Å²) >= 11 is 0. The van der Waals surface area contributed by atoms with Crippen LogP contribution in [0.1, 0.15) is 31.4 Å². The smallest absolute Gasteiger partial charge is 0.224 e. The molecule has 166 valence electrons. The number of H-pyrrole nitrogens is 1. The van der Waals surface area contributed by atoms with E-state index in [9.17, 15) is 4.79 Å². The molecule has 0 spiro atoms. The predicted molar refractivity (Wildman–Crippen MR) is 123 cm³/mol. The predicted octanol–water partition coefficient (Wildman–Crippen LogP) is 3.51. The summed E-state index contributed by atoms with van der Waals surface area (Å²) < 4.78 is 5.47. The molecule has 2 heterocycles. The van der Waals surface area contributed by atoms with Crippen molar-refractivity contribution in [3.8, 4) is 28.4 Å². The Kier molecular flexibility index (Phi) is 4.92. The second kappa shape index (κ2) is 7.81. The Morgan fingerprint density at radius 2 is 1.91 bits per heavy atom. The van der Waals surface area contributed by atoms with Crippen LogP contribution in [0.25, 0.3) is 22.5 Å². The second-order valence-electron chi connectivity index (χ2n) is 8.46. The van der Waals surface area contributed by atoms with Gasteiger partial charge < -0.3 is 10.5 Å². The molecule has 1 aliphatic carbocycles. The summed E-state index contributed by atoms with van der Waals surface area (Å²) in [5, 5.41) is 14.7. The van der Waals surface area contributed by atoms with Gasteiger partial charge in [-0.15, -0.1) is 10.2 Å². The number of aromatic nitrogens is 5. The third-order valence-corrected chi connectivity index (χ3v) is 6.68. The molecule has 2 atom stereocenters. The maximum Gasteiger partial charge on any atom is 0.224 e. The summed E-state index contributed by atoms with van der Waals surface area (Å²) in [6.07, 6.45) is 2.40. The number of benzene rings is 2. The van der Waals surface area contributed by atoms with Crippen molar-refractivity contribution in [1.29, 1.82) is 0 Å². The zero-order valence-electron chi connectivity index (χ0n) is 18.4. The molecule has 2 aromatic carbocycles. The number of aromatic amines is 1. The average molecular weight is 441 g/mol. The van der Waals surface area contributed by atoms with Gasteiger partial charge in [-0.3, -0.25) is 4.79 Å². The summed E-state index contributed by atoms with van der Waals surface area (Å²) in [5.41, 5.74) is 9.30. The lowest BCUT2D eigenvalue weighted by Crippen LogP contribution is -2.30. The Morgan fingerprint density at radius 1 is 1.09 bits per heavy atom. The number of nitrogens with two attached hydrogens (primary N) is 1. The van der Waals surface area contributed by atoms with E-state index in [-0.39, 0.29) is 5.91 Å². The van der Waals surface area contributed by atoms with Crippen LogP contribution in [-0.2, 0) is 10.2 Å². The van der Waals surface area contributed by atoms with Crippen LogP contribution in [0.15, 0.2) is 66.9 Å². The summed E-state index contributed by atoms with van der Waals surface area (Å²) in [4.78, 5) is 16.9. The number of tetrazole rings is 1. The Hall–Kier alpha value is -4.07. The number of hydrogen-bond donors (Lipinski definition) is 2. The Bertz CT molecular complexity index is 1290. The number of pyridine rings is 1. The van der Waals surface area contributed by atoms with Gasteiger partial charge in [-0.05, 0) is 54.3 Å². The van der Waals surface area contributed by atoms with Gasteiger partial charge in [0.1, 0.15) is 0 Å². The molecular formula is C25H24N6O2. The first-order valence-electron chi connectivity index (χ1n) is 10.8. The minimum absolute atomic E-state index is 0.313. The Labute approximate surface area is 191 Å². The van der Waals surface area contributed by atoms with Crippen LogP contribution in [0.3, 0.4) is 0 Å². The maximum atomic E-state index is 12.5. The van der Waals surface area contributed by atoms with Gasteiger partial charge in [0.05, 0.1) is 12.0 Å². The highest BCUT2D eigenvalue weighted by atomic mass is 16.5. The van der Waals surface area contributed by atoms with Gasteiger partial charge in [0.15, 0.2) is 0 Å². The van der Waals surface area contributed by atoms with E-state index >= 15 is 0 Å².